The van der Waals surface area contributed by atoms with Gasteiger partial charge in [-0.05, 0) is 35.4 Å². The summed E-state index contributed by atoms with van der Waals surface area (Å²) in [4.78, 5) is 16.2. The zero-order valence-electron chi connectivity index (χ0n) is 12.9. The van der Waals surface area contributed by atoms with E-state index in [1.54, 1.807) is 29.2 Å². The van der Waals surface area contributed by atoms with Crippen molar-refractivity contribution in [1.82, 2.24) is 14.8 Å². The molecule has 25 heavy (non-hydrogen) atoms. The molecule has 0 radical (unpaired) electrons. The highest BCUT2D eigenvalue weighted by Gasteiger charge is 2.09. The second-order valence-electron chi connectivity index (χ2n) is 5.37. The molecule has 1 heterocycles. The fourth-order valence-corrected chi connectivity index (χ4v) is 2.79. The molecule has 8 heteroatoms. The first-order chi connectivity index (χ1) is 12.0. The number of nitrogens with one attached hydrogen (secondary N) is 1. The maximum atomic E-state index is 12.1. The van der Waals surface area contributed by atoms with Crippen molar-refractivity contribution in [3.05, 3.63) is 74.4 Å². The molecule has 0 aliphatic rings. The van der Waals surface area contributed by atoms with Crippen LogP contribution in [0.1, 0.15) is 11.1 Å². The maximum absolute atomic E-state index is 12.1. The standard InChI is InChI=1S/C17H13BrCl2N4O/c18-13-4-1-11(2-5-13)9-24-10-21-17(23-24)22-16(25)8-12-3-6-14(19)15(20)7-12/h1-7,10H,8-9H2,(H,22,23,25). The molecule has 0 aliphatic heterocycles. The van der Waals surface area contributed by atoms with E-state index in [0.29, 0.717) is 16.6 Å². The van der Waals surface area contributed by atoms with Gasteiger partial charge in [0.25, 0.3) is 0 Å². The second-order valence-corrected chi connectivity index (χ2v) is 7.10. The molecule has 0 spiro atoms. The van der Waals surface area contributed by atoms with Crippen LogP contribution < -0.4 is 5.32 Å². The van der Waals surface area contributed by atoms with E-state index in [-0.39, 0.29) is 18.3 Å². The van der Waals surface area contributed by atoms with Crippen LogP contribution in [0.15, 0.2) is 53.3 Å². The molecule has 0 fully saturated rings. The number of nitrogens with zero attached hydrogens (tertiary/aromatic N) is 3. The average Bonchev–Trinajstić information content (AvgIpc) is 3.00. The Hall–Kier alpha value is -1.89. The Morgan fingerprint density at radius 3 is 2.52 bits per heavy atom. The Morgan fingerprint density at radius 1 is 1.08 bits per heavy atom. The van der Waals surface area contributed by atoms with Crippen molar-refractivity contribution in [2.75, 3.05) is 5.32 Å². The highest BCUT2D eigenvalue weighted by Crippen LogP contribution is 2.22. The largest absolute Gasteiger partial charge is 0.293 e. The van der Waals surface area contributed by atoms with Gasteiger partial charge in [0.15, 0.2) is 0 Å². The van der Waals surface area contributed by atoms with Gasteiger partial charge in [0, 0.05) is 4.47 Å². The molecule has 3 rings (SSSR count). The molecular formula is C17H13BrCl2N4O. The van der Waals surface area contributed by atoms with E-state index in [9.17, 15) is 4.79 Å². The van der Waals surface area contributed by atoms with Gasteiger partial charge in [-0.2, -0.15) is 0 Å². The van der Waals surface area contributed by atoms with Gasteiger partial charge in [0.05, 0.1) is 23.0 Å². The number of halogens is 3. The Bertz CT molecular complexity index is 896. The van der Waals surface area contributed by atoms with Crippen LogP contribution in [0.5, 0.6) is 0 Å². The van der Waals surface area contributed by atoms with E-state index in [1.165, 1.54) is 0 Å². The van der Waals surface area contributed by atoms with Crippen LogP contribution in [0.4, 0.5) is 5.95 Å². The number of anilines is 1. The van der Waals surface area contributed by atoms with Crippen molar-refractivity contribution in [3.63, 3.8) is 0 Å². The minimum absolute atomic E-state index is 0.165. The lowest BCUT2D eigenvalue weighted by molar-refractivity contribution is -0.115. The van der Waals surface area contributed by atoms with E-state index in [0.717, 1.165) is 15.6 Å². The molecule has 2 aromatic carbocycles. The summed E-state index contributed by atoms with van der Waals surface area (Å²) in [6, 6.07) is 13.0. The Morgan fingerprint density at radius 2 is 1.80 bits per heavy atom. The van der Waals surface area contributed by atoms with Crippen LogP contribution in [0, 0.1) is 0 Å². The second kappa shape index (κ2) is 7.99. The van der Waals surface area contributed by atoms with Crippen molar-refractivity contribution in [2.45, 2.75) is 13.0 Å². The number of carbonyl (C=O) groups excluding carboxylic acids is 1. The molecule has 0 atom stereocenters. The van der Waals surface area contributed by atoms with Gasteiger partial charge in [0.1, 0.15) is 6.33 Å². The molecule has 1 N–H and O–H groups in total. The van der Waals surface area contributed by atoms with Crippen LogP contribution in [0.25, 0.3) is 0 Å². The van der Waals surface area contributed by atoms with Crippen LogP contribution in [0.2, 0.25) is 10.0 Å². The van der Waals surface area contributed by atoms with Crippen molar-refractivity contribution in [1.29, 1.82) is 0 Å². The summed E-state index contributed by atoms with van der Waals surface area (Å²) in [5.41, 5.74) is 1.85. The number of amides is 1. The third kappa shape index (κ3) is 5.04. The molecule has 1 aromatic heterocycles. The lowest BCUT2D eigenvalue weighted by Gasteiger charge is -2.03. The summed E-state index contributed by atoms with van der Waals surface area (Å²) in [7, 11) is 0. The van der Waals surface area contributed by atoms with Crippen LogP contribution in [0.3, 0.4) is 0 Å². The predicted molar refractivity (Wildman–Crippen MR) is 102 cm³/mol. The van der Waals surface area contributed by atoms with Crippen LogP contribution in [-0.2, 0) is 17.8 Å². The van der Waals surface area contributed by atoms with Gasteiger partial charge in [-0.3, -0.25) is 10.1 Å². The maximum Gasteiger partial charge on any atom is 0.248 e. The highest BCUT2D eigenvalue weighted by atomic mass is 79.9. The SMILES string of the molecule is O=C(Cc1ccc(Cl)c(Cl)c1)Nc1ncn(Cc2ccc(Br)cc2)n1. The molecular weight excluding hydrogens is 427 g/mol. The van der Waals surface area contributed by atoms with Gasteiger partial charge < -0.3 is 0 Å². The minimum Gasteiger partial charge on any atom is -0.293 e. The number of benzene rings is 2. The van der Waals surface area contributed by atoms with Crippen LogP contribution in [-0.4, -0.2) is 20.7 Å². The van der Waals surface area contributed by atoms with E-state index in [2.05, 4.69) is 31.3 Å². The number of aromatic nitrogens is 3. The summed E-state index contributed by atoms with van der Waals surface area (Å²) in [5.74, 6) is 0.0435. The third-order valence-electron chi connectivity index (χ3n) is 3.39. The first kappa shape index (κ1) is 17.9. The number of hydrogen-bond acceptors (Lipinski definition) is 3. The fraction of sp³-hybridized carbons (Fsp3) is 0.118. The predicted octanol–water partition coefficient (Wildman–Crippen LogP) is 4.58. The quantitative estimate of drug-likeness (QED) is 0.633. The molecule has 0 unspecified atom stereocenters. The van der Waals surface area contributed by atoms with Crippen molar-refractivity contribution < 1.29 is 4.79 Å². The topological polar surface area (TPSA) is 59.8 Å². The van der Waals surface area contributed by atoms with E-state index in [4.69, 9.17) is 23.2 Å². The van der Waals surface area contributed by atoms with Gasteiger partial charge in [0.2, 0.25) is 11.9 Å². The molecule has 128 valence electrons. The Balaban J connectivity index is 1.59. The van der Waals surface area contributed by atoms with Crippen molar-refractivity contribution >= 4 is 51.0 Å². The molecule has 0 aliphatic carbocycles. The van der Waals surface area contributed by atoms with Crippen molar-refractivity contribution in [3.8, 4) is 0 Å². The molecule has 0 bridgehead atoms. The monoisotopic (exact) mass is 438 g/mol. The van der Waals surface area contributed by atoms with Crippen LogP contribution >= 0.6 is 39.1 Å². The smallest absolute Gasteiger partial charge is 0.248 e. The zero-order valence-corrected chi connectivity index (χ0v) is 16.0. The molecule has 5 nitrogen and oxygen atoms in total. The lowest BCUT2D eigenvalue weighted by Crippen LogP contribution is -2.15. The molecule has 3 aromatic rings. The molecule has 1 amide bonds. The number of carbonyl (C=O) groups is 1. The molecule has 0 saturated heterocycles. The van der Waals surface area contributed by atoms with E-state index >= 15 is 0 Å². The summed E-state index contributed by atoms with van der Waals surface area (Å²) < 4.78 is 2.68. The summed E-state index contributed by atoms with van der Waals surface area (Å²) in [6.45, 7) is 0.572. The number of rotatable bonds is 5. The summed E-state index contributed by atoms with van der Waals surface area (Å²) in [6.07, 6.45) is 1.74. The first-order valence-electron chi connectivity index (χ1n) is 7.37. The lowest BCUT2D eigenvalue weighted by atomic mass is 10.1. The highest BCUT2D eigenvalue weighted by molar-refractivity contribution is 9.10. The number of hydrogen-bond donors (Lipinski definition) is 1. The normalized spacial score (nSPS) is 10.7. The van der Waals surface area contributed by atoms with Gasteiger partial charge in [-0.1, -0.05) is 57.3 Å². The van der Waals surface area contributed by atoms with Gasteiger partial charge in [-0.25, -0.2) is 9.67 Å². The van der Waals surface area contributed by atoms with Crippen molar-refractivity contribution in [2.24, 2.45) is 0 Å². The average molecular weight is 440 g/mol. The Labute approximate surface area is 163 Å². The van der Waals surface area contributed by atoms with Gasteiger partial charge in [-0.15, -0.1) is 5.10 Å². The first-order valence-corrected chi connectivity index (χ1v) is 8.92. The van der Waals surface area contributed by atoms with E-state index < -0.39 is 0 Å². The van der Waals surface area contributed by atoms with E-state index in [1.807, 2.05) is 24.3 Å². The minimum atomic E-state index is -0.222. The summed E-state index contributed by atoms with van der Waals surface area (Å²) >= 11 is 15.2. The Kier molecular flexibility index (Phi) is 5.73. The third-order valence-corrected chi connectivity index (χ3v) is 4.66. The molecule has 0 saturated carbocycles. The summed E-state index contributed by atoms with van der Waals surface area (Å²) in [5, 5.41) is 7.81. The fourth-order valence-electron chi connectivity index (χ4n) is 2.21. The van der Waals surface area contributed by atoms with Gasteiger partial charge >= 0.3 is 0 Å². The zero-order chi connectivity index (χ0) is 17.8.